The predicted octanol–water partition coefficient (Wildman–Crippen LogP) is 0.363. The average molecular weight is 299 g/mol. The van der Waals surface area contributed by atoms with Gasteiger partial charge in [-0.3, -0.25) is 4.79 Å². The molecule has 19 heavy (non-hydrogen) atoms. The van der Waals surface area contributed by atoms with Crippen LogP contribution in [0.4, 0.5) is 0 Å². The largest absolute Gasteiger partial charge is 0.368 e. The van der Waals surface area contributed by atoms with Crippen molar-refractivity contribution in [2.24, 2.45) is 5.73 Å². The molecule has 1 heterocycles. The maximum absolute atomic E-state index is 11.3. The van der Waals surface area contributed by atoms with Crippen molar-refractivity contribution in [2.45, 2.75) is 12.5 Å². The summed E-state index contributed by atoms with van der Waals surface area (Å²) in [4.78, 5) is 32.9. The Kier molecular flexibility index (Phi) is 4.03. The smallest absolute Gasteiger partial charge is 0.256 e. The minimum Gasteiger partial charge on any atom is -0.368 e. The molecule has 0 aliphatic heterocycles. The molecule has 0 spiro atoms. The Morgan fingerprint density at radius 2 is 2.16 bits per heavy atom. The topological polar surface area (TPSA) is 111 Å². The van der Waals surface area contributed by atoms with Crippen molar-refractivity contribution < 1.29 is 14.6 Å². The lowest BCUT2D eigenvalue weighted by Crippen LogP contribution is -2.41. The molecule has 8 heteroatoms. The highest BCUT2D eigenvalue weighted by Gasteiger charge is 2.22. The molecule has 6 nitrogen and oxygen atoms in total. The lowest BCUT2D eigenvalue weighted by Gasteiger charge is -2.18. The van der Waals surface area contributed by atoms with Crippen molar-refractivity contribution in [2.75, 3.05) is 0 Å². The van der Waals surface area contributed by atoms with Crippen molar-refractivity contribution in [1.29, 1.82) is 0 Å². The molecule has 0 aliphatic rings. The van der Waals surface area contributed by atoms with Crippen LogP contribution in [0.15, 0.2) is 30.5 Å². The first-order valence-corrected chi connectivity index (χ1v) is 8.25. The summed E-state index contributed by atoms with van der Waals surface area (Å²) in [6.45, 7) is -3.68. The van der Waals surface area contributed by atoms with Crippen LogP contribution in [-0.4, -0.2) is 26.7 Å². The normalized spacial score (nSPS) is 13.6. The predicted molar refractivity (Wildman–Crippen MR) is 76.8 cm³/mol. The van der Waals surface area contributed by atoms with Gasteiger partial charge in [0.1, 0.15) is 0 Å². The van der Waals surface area contributed by atoms with Crippen molar-refractivity contribution in [3.63, 3.8) is 0 Å². The molecule has 0 bridgehead atoms. The van der Waals surface area contributed by atoms with Gasteiger partial charge in [0.2, 0.25) is 5.91 Å². The van der Waals surface area contributed by atoms with Gasteiger partial charge in [-0.15, -0.1) is 0 Å². The van der Waals surface area contributed by atoms with Gasteiger partial charge in [-0.1, -0.05) is 18.2 Å². The van der Waals surface area contributed by atoms with Crippen LogP contribution in [0.25, 0.3) is 10.9 Å². The van der Waals surface area contributed by atoms with E-state index in [1.165, 1.54) is 0 Å². The molecule has 1 atom stereocenters. The fourth-order valence-electron chi connectivity index (χ4n) is 1.93. The van der Waals surface area contributed by atoms with Crippen molar-refractivity contribution in [3.05, 3.63) is 36.0 Å². The Morgan fingerprint density at radius 3 is 2.79 bits per heavy atom. The zero-order chi connectivity index (χ0) is 14.0. The first kappa shape index (κ1) is 14.2. The lowest BCUT2D eigenvalue weighted by atomic mass is 10.1. The summed E-state index contributed by atoms with van der Waals surface area (Å²) in [6.07, 6.45) is 2.00. The molecule has 0 radical (unpaired) electrons. The van der Waals surface area contributed by atoms with Crippen LogP contribution in [0, 0.1) is 0 Å². The Hall–Kier alpha value is -1.24. The van der Waals surface area contributed by atoms with E-state index in [2.05, 4.69) is 21.9 Å². The number of fused-ring (bicyclic) bond motifs is 1. The Labute approximate surface area is 114 Å². The number of para-hydroxylation sites is 1. The SMILES string of the molecule is NC(=O)C(Cc1c[nH]c2ccccc12)NP(O)(O)=S. The number of carbonyl (C=O) groups is 1. The van der Waals surface area contributed by atoms with Gasteiger partial charge >= 0.3 is 0 Å². The highest BCUT2D eigenvalue weighted by Crippen LogP contribution is 2.30. The lowest BCUT2D eigenvalue weighted by molar-refractivity contribution is -0.119. The molecule has 1 aromatic heterocycles. The first-order valence-electron chi connectivity index (χ1n) is 5.54. The van der Waals surface area contributed by atoms with Crippen LogP contribution in [0.3, 0.4) is 0 Å². The standard InChI is InChI=1S/C11H14N3O3PS/c12-11(15)10(14-18(16,17)19)5-7-6-13-9-4-2-1-3-8(7)9/h1-4,6,10,13H,5H2,(H2,12,15)(H3,14,16,17,19). The van der Waals surface area contributed by atoms with Crippen LogP contribution < -0.4 is 10.8 Å². The Morgan fingerprint density at radius 1 is 1.47 bits per heavy atom. The number of aromatic amines is 1. The molecule has 102 valence electrons. The second-order valence-electron chi connectivity index (χ2n) is 4.19. The number of amides is 1. The zero-order valence-corrected chi connectivity index (χ0v) is 11.6. The fourth-order valence-corrected chi connectivity index (χ4v) is 2.94. The van der Waals surface area contributed by atoms with Gasteiger partial charge in [-0.25, -0.2) is 5.09 Å². The average Bonchev–Trinajstić information content (AvgIpc) is 2.70. The Balaban J connectivity index is 2.26. The molecule has 0 fully saturated rings. The van der Waals surface area contributed by atoms with E-state index in [0.29, 0.717) is 0 Å². The van der Waals surface area contributed by atoms with Gasteiger partial charge in [0, 0.05) is 17.1 Å². The summed E-state index contributed by atoms with van der Waals surface area (Å²) in [7, 11) is 0. The van der Waals surface area contributed by atoms with Crippen molar-refractivity contribution in [1.82, 2.24) is 10.1 Å². The van der Waals surface area contributed by atoms with Crippen LogP contribution in [0.2, 0.25) is 0 Å². The number of nitrogens with two attached hydrogens (primary N) is 1. The van der Waals surface area contributed by atoms with Gasteiger partial charge in [0.05, 0.1) is 6.04 Å². The third-order valence-corrected chi connectivity index (χ3v) is 3.73. The molecule has 0 saturated heterocycles. The molecule has 1 unspecified atom stereocenters. The van der Waals surface area contributed by atoms with E-state index >= 15 is 0 Å². The number of carbonyl (C=O) groups excluding carboxylic acids is 1. The van der Waals surface area contributed by atoms with E-state index in [4.69, 9.17) is 5.73 Å². The van der Waals surface area contributed by atoms with Gasteiger partial charge in [0.25, 0.3) is 6.64 Å². The second-order valence-corrected chi connectivity index (χ2v) is 7.07. The van der Waals surface area contributed by atoms with Crippen LogP contribution in [-0.2, 0) is 23.0 Å². The summed E-state index contributed by atoms with van der Waals surface area (Å²) in [6, 6.07) is 6.68. The number of H-pyrrole nitrogens is 1. The third kappa shape index (κ3) is 3.62. The number of hydrogen-bond donors (Lipinski definition) is 5. The summed E-state index contributed by atoms with van der Waals surface area (Å²) < 4.78 is 0. The van der Waals surface area contributed by atoms with Gasteiger partial charge in [-0.05, 0) is 29.9 Å². The maximum atomic E-state index is 11.3. The molecule has 2 rings (SSSR count). The number of aromatic nitrogens is 1. The van der Waals surface area contributed by atoms with Gasteiger partial charge in [0.15, 0.2) is 0 Å². The summed E-state index contributed by atoms with van der Waals surface area (Å²) in [5.41, 5.74) is 7.04. The number of benzene rings is 1. The minimum atomic E-state index is -3.68. The van der Waals surface area contributed by atoms with Gasteiger partial charge in [-0.2, -0.15) is 0 Å². The van der Waals surface area contributed by atoms with Crippen LogP contribution in [0.5, 0.6) is 0 Å². The number of nitrogens with one attached hydrogen (secondary N) is 2. The van der Waals surface area contributed by atoms with Crippen LogP contribution >= 0.6 is 6.64 Å². The zero-order valence-electron chi connectivity index (χ0n) is 9.91. The number of primary amides is 1. The molecule has 0 saturated carbocycles. The maximum Gasteiger partial charge on any atom is 0.256 e. The number of rotatable bonds is 5. The summed E-state index contributed by atoms with van der Waals surface area (Å²) in [5.74, 6) is -0.678. The van der Waals surface area contributed by atoms with E-state index in [1.807, 2.05) is 24.3 Å². The van der Waals surface area contributed by atoms with E-state index in [9.17, 15) is 14.6 Å². The summed E-state index contributed by atoms with van der Waals surface area (Å²) in [5, 5.41) is 3.27. The summed E-state index contributed by atoms with van der Waals surface area (Å²) >= 11 is 4.47. The van der Waals surface area contributed by atoms with E-state index in [-0.39, 0.29) is 6.42 Å². The molecule has 1 aromatic carbocycles. The minimum absolute atomic E-state index is 0.235. The molecular weight excluding hydrogens is 285 g/mol. The Bertz CT molecular complexity index is 651. The quantitative estimate of drug-likeness (QED) is 0.512. The van der Waals surface area contributed by atoms with Crippen molar-refractivity contribution in [3.8, 4) is 0 Å². The molecule has 0 aliphatic carbocycles. The van der Waals surface area contributed by atoms with Crippen LogP contribution in [0.1, 0.15) is 5.56 Å². The van der Waals surface area contributed by atoms with E-state index in [1.54, 1.807) is 6.20 Å². The fraction of sp³-hybridized carbons (Fsp3) is 0.182. The first-order chi connectivity index (χ1) is 8.87. The molecule has 1 amide bonds. The van der Waals surface area contributed by atoms with Crippen molar-refractivity contribution >= 4 is 35.3 Å². The van der Waals surface area contributed by atoms with E-state index in [0.717, 1.165) is 16.5 Å². The highest BCUT2D eigenvalue weighted by molar-refractivity contribution is 8.08. The molecule has 6 N–H and O–H groups in total. The number of hydrogen-bond acceptors (Lipinski definition) is 2. The molecule has 2 aromatic rings. The monoisotopic (exact) mass is 299 g/mol. The molecular formula is C11H14N3O3PS. The van der Waals surface area contributed by atoms with Gasteiger partial charge < -0.3 is 20.5 Å². The highest BCUT2D eigenvalue weighted by atomic mass is 32.5. The second kappa shape index (κ2) is 5.40. The van der Waals surface area contributed by atoms with E-state index < -0.39 is 18.6 Å². The third-order valence-electron chi connectivity index (χ3n) is 2.77.